The van der Waals surface area contributed by atoms with Crippen molar-refractivity contribution in [1.29, 1.82) is 0 Å². The Morgan fingerprint density at radius 2 is 1.92 bits per heavy atom. The molecule has 2 bridgehead atoms. The summed E-state index contributed by atoms with van der Waals surface area (Å²) < 4.78 is 1.86. The molecule has 3 heterocycles. The van der Waals surface area contributed by atoms with E-state index in [1.54, 1.807) is 24.4 Å². The largest absolute Gasteiger partial charge is 0.382 e. The fourth-order valence-electron chi connectivity index (χ4n) is 4.33. The Balaban J connectivity index is 1.61. The second-order valence-corrected chi connectivity index (χ2v) is 7.84. The lowest BCUT2D eigenvalue weighted by Crippen LogP contribution is -2.52. The number of aromatic nitrogens is 2. The van der Waals surface area contributed by atoms with Crippen LogP contribution in [0.5, 0.6) is 0 Å². The van der Waals surface area contributed by atoms with Crippen LogP contribution in [0.3, 0.4) is 0 Å². The first-order chi connectivity index (χ1) is 11.9. The molecule has 0 saturated carbocycles. The van der Waals surface area contributed by atoms with Crippen molar-refractivity contribution in [3.63, 3.8) is 0 Å². The number of carbonyl (C=O) groups excluding carboxylic acids is 1. The summed E-state index contributed by atoms with van der Waals surface area (Å²) in [6, 6.07) is 4.97. The van der Waals surface area contributed by atoms with Crippen molar-refractivity contribution >= 4 is 29.1 Å². The SMILES string of the molecule is Cn1ccnc1C1(O)C[C@H]2CC[C@H](C1)N2C(=O)c1ccc(Cl)c(Cl)c1. The first-order valence-electron chi connectivity index (χ1n) is 8.37. The maximum absolute atomic E-state index is 13.0. The Labute approximate surface area is 156 Å². The molecule has 2 aliphatic heterocycles. The van der Waals surface area contributed by atoms with E-state index in [4.69, 9.17) is 23.2 Å². The van der Waals surface area contributed by atoms with Gasteiger partial charge in [-0.25, -0.2) is 4.98 Å². The summed E-state index contributed by atoms with van der Waals surface area (Å²) in [5.74, 6) is 0.624. The summed E-state index contributed by atoms with van der Waals surface area (Å²) in [4.78, 5) is 19.3. The number of carbonyl (C=O) groups is 1. The Kier molecular flexibility index (Phi) is 4.06. The van der Waals surface area contributed by atoms with Gasteiger partial charge in [-0.1, -0.05) is 23.2 Å². The average Bonchev–Trinajstić information content (AvgIpc) is 3.12. The monoisotopic (exact) mass is 379 g/mol. The zero-order chi connectivity index (χ0) is 17.8. The van der Waals surface area contributed by atoms with Gasteiger partial charge in [-0.2, -0.15) is 0 Å². The van der Waals surface area contributed by atoms with Crippen molar-refractivity contribution < 1.29 is 9.90 Å². The first kappa shape index (κ1) is 16.9. The highest BCUT2D eigenvalue weighted by atomic mass is 35.5. The van der Waals surface area contributed by atoms with Crippen LogP contribution in [0, 0.1) is 0 Å². The van der Waals surface area contributed by atoms with Crippen LogP contribution in [0.1, 0.15) is 41.9 Å². The van der Waals surface area contributed by atoms with Crippen LogP contribution in [0.15, 0.2) is 30.6 Å². The lowest BCUT2D eigenvalue weighted by atomic mass is 9.85. The van der Waals surface area contributed by atoms with Gasteiger partial charge in [-0.3, -0.25) is 4.79 Å². The molecule has 1 amide bonds. The van der Waals surface area contributed by atoms with Crippen molar-refractivity contribution in [1.82, 2.24) is 14.5 Å². The number of rotatable bonds is 2. The molecule has 25 heavy (non-hydrogen) atoms. The second kappa shape index (κ2) is 6.01. The Bertz CT molecular complexity index is 821. The average molecular weight is 380 g/mol. The molecule has 4 rings (SSSR count). The number of fused-ring (bicyclic) bond motifs is 2. The molecular weight excluding hydrogens is 361 g/mol. The Morgan fingerprint density at radius 3 is 2.48 bits per heavy atom. The highest BCUT2D eigenvalue weighted by Gasteiger charge is 2.51. The summed E-state index contributed by atoms with van der Waals surface area (Å²) >= 11 is 12.0. The second-order valence-electron chi connectivity index (χ2n) is 7.03. The molecule has 2 atom stereocenters. The van der Waals surface area contributed by atoms with E-state index >= 15 is 0 Å². The predicted molar refractivity (Wildman–Crippen MR) is 95.8 cm³/mol. The molecule has 2 aromatic rings. The number of hydrogen-bond donors (Lipinski definition) is 1. The van der Waals surface area contributed by atoms with E-state index in [1.165, 1.54) is 0 Å². The van der Waals surface area contributed by atoms with Crippen LogP contribution in [-0.4, -0.2) is 37.5 Å². The van der Waals surface area contributed by atoms with Gasteiger partial charge in [0.05, 0.1) is 10.0 Å². The lowest BCUT2D eigenvalue weighted by molar-refractivity contribution is -0.0555. The van der Waals surface area contributed by atoms with Gasteiger partial charge >= 0.3 is 0 Å². The molecule has 0 unspecified atom stereocenters. The number of hydrogen-bond acceptors (Lipinski definition) is 3. The van der Waals surface area contributed by atoms with Crippen molar-refractivity contribution in [3.05, 3.63) is 52.0 Å². The van der Waals surface area contributed by atoms with Gasteiger partial charge in [0.1, 0.15) is 11.4 Å². The number of piperidine rings is 1. The molecule has 2 aliphatic rings. The third-order valence-electron chi connectivity index (χ3n) is 5.40. The van der Waals surface area contributed by atoms with Crippen molar-refractivity contribution in [2.45, 2.75) is 43.4 Å². The molecule has 1 aromatic heterocycles. The quantitative estimate of drug-likeness (QED) is 0.869. The van der Waals surface area contributed by atoms with Crippen LogP contribution in [0.2, 0.25) is 10.0 Å². The minimum Gasteiger partial charge on any atom is -0.382 e. The number of aliphatic hydroxyl groups is 1. The third-order valence-corrected chi connectivity index (χ3v) is 6.14. The molecule has 0 radical (unpaired) electrons. The number of nitrogens with zero attached hydrogens (tertiary/aromatic N) is 3. The standard InChI is InChI=1S/C18H19Cl2N3O2/c1-22-7-6-21-17(22)18(25)9-12-3-4-13(10-18)23(12)16(24)11-2-5-14(19)15(20)8-11/h2,5-8,12-13,25H,3-4,9-10H2,1H3/t12-,13-/m1/s1. The minimum atomic E-state index is -0.988. The number of halogens is 2. The predicted octanol–water partition coefficient (Wildman–Crippen LogP) is 3.38. The summed E-state index contributed by atoms with van der Waals surface area (Å²) in [6.07, 6.45) is 6.32. The van der Waals surface area contributed by atoms with Crippen molar-refractivity contribution in [3.8, 4) is 0 Å². The molecule has 1 aromatic carbocycles. The van der Waals surface area contributed by atoms with Crippen LogP contribution < -0.4 is 0 Å². The summed E-state index contributed by atoms with van der Waals surface area (Å²) in [7, 11) is 1.88. The highest BCUT2D eigenvalue weighted by Crippen LogP contribution is 2.45. The van der Waals surface area contributed by atoms with Crippen molar-refractivity contribution in [2.75, 3.05) is 0 Å². The Morgan fingerprint density at radius 1 is 1.24 bits per heavy atom. The lowest BCUT2D eigenvalue weighted by Gasteiger charge is -2.43. The minimum absolute atomic E-state index is 0.00223. The topological polar surface area (TPSA) is 58.4 Å². The molecule has 132 valence electrons. The van der Waals surface area contributed by atoms with Gasteiger partial charge in [0.2, 0.25) is 0 Å². The summed E-state index contributed by atoms with van der Waals surface area (Å²) in [6.45, 7) is 0. The molecule has 0 aliphatic carbocycles. The van der Waals surface area contributed by atoms with E-state index in [0.717, 1.165) is 12.8 Å². The van der Waals surface area contributed by atoms with Crippen LogP contribution in [-0.2, 0) is 12.6 Å². The van der Waals surface area contributed by atoms with E-state index in [-0.39, 0.29) is 18.0 Å². The maximum atomic E-state index is 13.0. The molecule has 5 nitrogen and oxygen atoms in total. The van der Waals surface area contributed by atoms with E-state index < -0.39 is 5.60 Å². The van der Waals surface area contributed by atoms with Gasteiger partial charge < -0.3 is 14.6 Å². The maximum Gasteiger partial charge on any atom is 0.254 e. The number of amides is 1. The zero-order valence-corrected chi connectivity index (χ0v) is 15.3. The molecule has 7 heteroatoms. The molecule has 2 fully saturated rings. The molecular formula is C18H19Cl2N3O2. The van der Waals surface area contributed by atoms with Crippen LogP contribution >= 0.6 is 23.2 Å². The van der Waals surface area contributed by atoms with Gasteiger partial charge in [0.25, 0.3) is 5.91 Å². The first-order valence-corrected chi connectivity index (χ1v) is 9.12. The van der Waals surface area contributed by atoms with Crippen molar-refractivity contribution in [2.24, 2.45) is 7.05 Å². The summed E-state index contributed by atoms with van der Waals surface area (Å²) in [5, 5.41) is 12.0. The Hall–Kier alpha value is -1.56. The third kappa shape index (κ3) is 2.75. The number of benzene rings is 1. The van der Waals surface area contributed by atoms with Gasteiger partial charge in [-0.15, -0.1) is 0 Å². The number of aryl methyl sites for hydroxylation is 1. The fourth-order valence-corrected chi connectivity index (χ4v) is 4.63. The van der Waals surface area contributed by atoms with E-state index in [2.05, 4.69) is 4.98 Å². The molecule has 0 spiro atoms. The van der Waals surface area contributed by atoms with Gasteiger partial charge in [0, 0.05) is 49.9 Å². The van der Waals surface area contributed by atoms with Crippen LogP contribution in [0.4, 0.5) is 0 Å². The fraction of sp³-hybridized carbons (Fsp3) is 0.444. The van der Waals surface area contributed by atoms with Gasteiger partial charge in [0.15, 0.2) is 0 Å². The summed E-state index contributed by atoms with van der Waals surface area (Å²) in [5.41, 5.74) is -0.452. The van der Waals surface area contributed by atoms with E-state index in [1.807, 2.05) is 22.7 Å². The zero-order valence-electron chi connectivity index (χ0n) is 13.8. The smallest absolute Gasteiger partial charge is 0.254 e. The molecule has 2 saturated heterocycles. The molecule has 1 N–H and O–H groups in total. The number of imidazole rings is 1. The van der Waals surface area contributed by atoms with E-state index in [0.29, 0.717) is 34.3 Å². The van der Waals surface area contributed by atoms with E-state index in [9.17, 15) is 9.90 Å². The van der Waals surface area contributed by atoms with Crippen LogP contribution in [0.25, 0.3) is 0 Å². The van der Waals surface area contributed by atoms with Gasteiger partial charge in [-0.05, 0) is 31.0 Å². The normalized spacial score (nSPS) is 28.4. The highest BCUT2D eigenvalue weighted by molar-refractivity contribution is 6.42.